The Morgan fingerprint density at radius 1 is 0.246 bits per heavy atom. The van der Waals surface area contributed by atoms with Crippen LogP contribution in [0.2, 0.25) is 0 Å². The normalized spacial score (nSPS) is 13.4. The SMILES string of the molecule is c1ccc(-c2ccc(-c3ccc(-c4c5c(c(N(c6ccc(-c7ccccc7)cc6)c6ccc(-c7ccccc7)cc6)c6c4CCCC6)CCCC5)cc3)cc2)cc1. The minimum Gasteiger partial charge on any atom is -0.310 e. The average molecular weight is 734 g/mol. The maximum Gasteiger partial charge on any atom is 0.0531 e. The van der Waals surface area contributed by atoms with Crippen molar-refractivity contribution in [3.63, 3.8) is 0 Å². The minimum absolute atomic E-state index is 1.11. The van der Waals surface area contributed by atoms with Crippen molar-refractivity contribution < 1.29 is 0 Å². The molecule has 0 amide bonds. The number of rotatable bonds is 8. The first-order valence-corrected chi connectivity index (χ1v) is 20.9. The van der Waals surface area contributed by atoms with Crippen LogP contribution in [0.25, 0.3) is 55.6 Å². The molecule has 0 radical (unpaired) electrons. The van der Waals surface area contributed by atoms with Crippen LogP contribution in [0.3, 0.4) is 0 Å². The molecule has 0 fully saturated rings. The molecule has 276 valence electrons. The Morgan fingerprint density at radius 2 is 0.509 bits per heavy atom. The van der Waals surface area contributed by atoms with E-state index >= 15 is 0 Å². The van der Waals surface area contributed by atoms with Gasteiger partial charge in [-0.1, -0.05) is 164 Å². The van der Waals surface area contributed by atoms with Gasteiger partial charge in [-0.25, -0.2) is 0 Å². The van der Waals surface area contributed by atoms with Crippen molar-refractivity contribution in [2.75, 3.05) is 4.90 Å². The molecule has 0 saturated carbocycles. The second-order valence-corrected chi connectivity index (χ2v) is 15.7. The molecule has 0 N–H and O–H groups in total. The van der Waals surface area contributed by atoms with Gasteiger partial charge in [0.2, 0.25) is 0 Å². The van der Waals surface area contributed by atoms with E-state index in [9.17, 15) is 0 Å². The predicted molar refractivity (Wildman–Crippen MR) is 242 cm³/mol. The lowest BCUT2D eigenvalue weighted by Crippen LogP contribution is -2.21. The van der Waals surface area contributed by atoms with Crippen LogP contribution in [0, 0.1) is 0 Å². The number of hydrogen-bond donors (Lipinski definition) is 0. The van der Waals surface area contributed by atoms with Gasteiger partial charge < -0.3 is 4.90 Å². The van der Waals surface area contributed by atoms with Crippen LogP contribution in [-0.4, -0.2) is 0 Å². The van der Waals surface area contributed by atoms with E-state index in [1.807, 2.05) is 0 Å². The summed E-state index contributed by atoms with van der Waals surface area (Å²) in [5, 5.41) is 0. The molecule has 2 aliphatic carbocycles. The third-order valence-electron chi connectivity index (χ3n) is 12.3. The minimum atomic E-state index is 1.11. The van der Waals surface area contributed by atoms with Gasteiger partial charge in [0.25, 0.3) is 0 Å². The van der Waals surface area contributed by atoms with Gasteiger partial charge in [-0.05, 0) is 154 Å². The van der Waals surface area contributed by atoms with Crippen molar-refractivity contribution >= 4 is 17.1 Å². The van der Waals surface area contributed by atoms with Gasteiger partial charge in [-0.2, -0.15) is 0 Å². The van der Waals surface area contributed by atoms with Gasteiger partial charge in [0.15, 0.2) is 0 Å². The summed E-state index contributed by atoms with van der Waals surface area (Å²) in [5.74, 6) is 0. The first-order chi connectivity index (χ1) is 28.3. The topological polar surface area (TPSA) is 3.24 Å². The molecule has 0 spiro atoms. The first-order valence-electron chi connectivity index (χ1n) is 20.9. The van der Waals surface area contributed by atoms with Crippen molar-refractivity contribution in [3.8, 4) is 55.6 Å². The Balaban J connectivity index is 1.09. The van der Waals surface area contributed by atoms with Crippen molar-refractivity contribution in [3.05, 3.63) is 210 Å². The van der Waals surface area contributed by atoms with Gasteiger partial charge in [-0.3, -0.25) is 0 Å². The molecule has 1 nitrogen and oxygen atoms in total. The zero-order valence-corrected chi connectivity index (χ0v) is 32.5. The predicted octanol–water partition coefficient (Wildman–Crippen LogP) is 15.2. The summed E-state index contributed by atoms with van der Waals surface area (Å²) in [7, 11) is 0. The molecule has 0 bridgehead atoms. The molecular weight excluding hydrogens is 687 g/mol. The molecule has 0 aliphatic heterocycles. The van der Waals surface area contributed by atoms with E-state index in [2.05, 4.69) is 193 Å². The molecule has 0 aromatic heterocycles. The van der Waals surface area contributed by atoms with Gasteiger partial charge in [-0.15, -0.1) is 0 Å². The second-order valence-electron chi connectivity index (χ2n) is 15.7. The highest BCUT2D eigenvalue weighted by Crippen LogP contribution is 2.50. The Labute approximate surface area is 337 Å². The molecule has 1 heteroatoms. The largest absolute Gasteiger partial charge is 0.310 e. The lowest BCUT2D eigenvalue weighted by molar-refractivity contribution is 0.661. The second kappa shape index (κ2) is 15.6. The van der Waals surface area contributed by atoms with Crippen LogP contribution >= 0.6 is 0 Å². The molecule has 8 aromatic carbocycles. The molecule has 8 aromatic rings. The van der Waals surface area contributed by atoms with E-state index in [1.54, 1.807) is 22.3 Å². The molecule has 0 atom stereocenters. The molecular formula is C56H47N. The molecule has 10 rings (SSSR count). The maximum atomic E-state index is 2.61. The van der Waals surface area contributed by atoms with Gasteiger partial charge >= 0.3 is 0 Å². The van der Waals surface area contributed by atoms with Crippen LogP contribution in [0.15, 0.2) is 188 Å². The van der Waals surface area contributed by atoms with Crippen LogP contribution < -0.4 is 4.90 Å². The summed E-state index contributed by atoms with van der Waals surface area (Å²) >= 11 is 0. The van der Waals surface area contributed by atoms with Crippen LogP contribution in [0.1, 0.15) is 47.9 Å². The van der Waals surface area contributed by atoms with E-state index in [1.165, 1.54) is 98.4 Å². The number of fused-ring (bicyclic) bond motifs is 2. The standard InChI is InChI=1S/C56H47N/c1-4-14-40(15-5-1)43-24-26-44(27-25-43)45-28-30-48(31-29-45)55-51-20-10-12-22-53(51)56(54-23-13-11-21-52(54)55)57(49-36-32-46(33-37-49)41-16-6-2-7-17-41)50-38-34-47(35-39-50)42-18-8-3-9-19-42/h1-9,14-19,24-39H,10-13,20-23H2. The Hall–Kier alpha value is -6.44. The van der Waals surface area contributed by atoms with Crippen LogP contribution in [-0.2, 0) is 25.7 Å². The summed E-state index contributed by atoms with van der Waals surface area (Å²) < 4.78 is 0. The van der Waals surface area contributed by atoms with Gasteiger partial charge in [0.1, 0.15) is 0 Å². The van der Waals surface area contributed by atoms with Gasteiger partial charge in [0.05, 0.1) is 5.69 Å². The molecule has 0 heterocycles. The summed E-state index contributed by atoms with van der Waals surface area (Å²) in [6.45, 7) is 0. The summed E-state index contributed by atoms with van der Waals surface area (Å²) in [4.78, 5) is 2.61. The summed E-state index contributed by atoms with van der Waals surface area (Å²) in [5.41, 5.74) is 23.0. The summed E-state index contributed by atoms with van der Waals surface area (Å²) in [6.07, 6.45) is 9.40. The van der Waals surface area contributed by atoms with Crippen molar-refractivity contribution in [1.82, 2.24) is 0 Å². The lowest BCUT2D eigenvalue weighted by atomic mass is 9.75. The monoisotopic (exact) mass is 733 g/mol. The quantitative estimate of drug-likeness (QED) is 0.150. The van der Waals surface area contributed by atoms with E-state index < -0.39 is 0 Å². The zero-order chi connectivity index (χ0) is 38.0. The molecule has 2 aliphatic rings. The highest BCUT2D eigenvalue weighted by Gasteiger charge is 2.31. The average Bonchev–Trinajstić information content (AvgIpc) is 3.30. The van der Waals surface area contributed by atoms with E-state index in [4.69, 9.17) is 0 Å². The number of anilines is 3. The number of nitrogens with zero attached hydrogens (tertiary/aromatic N) is 1. The van der Waals surface area contributed by atoms with E-state index in [0.29, 0.717) is 0 Å². The Kier molecular flexibility index (Phi) is 9.58. The fourth-order valence-electron chi connectivity index (χ4n) is 9.46. The number of benzene rings is 8. The molecule has 0 saturated heterocycles. The van der Waals surface area contributed by atoms with Crippen LogP contribution in [0.4, 0.5) is 17.1 Å². The summed E-state index contributed by atoms with van der Waals surface area (Å²) in [6, 6.07) is 69.3. The molecule has 0 unspecified atom stereocenters. The Bertz CT molecular complexity index is 2490. The number of hydrogen-bond acceptors (Lipinski definition) is 1. The highest BCUT2D eigenvalue weighted by atomic mass is 15.1. The third kappa shape index (κ3) is 6.89. The maximum absolute atomic E-state index is 2.61. The zero-order valence-electron chi connectivity index (χ0n) is 32.5. The fraction of sp³-hybridized carbons (Fsp3) is 0.143. The molecule has 57 heavy (non-hydrogen) atoms. The van der Waals surface area contributed by atoms with E-state index in [0.717, 1.165) is 25.7 Å². The fourth-order valence-corrected chi connectivity index (χ4v) is 9.46. The third-order valence-corrected chi connectivity index (χ3v) is 12.3. The van der Waals surface area contributed by atoms with Crippen molar-refractivity contribution in [1.29, 1.82) is 0 Å². The Morgan fingerprint density at radius 3 is 0.842 bits per heavy atom. The first kappa shape index (κ1) is 35.0. The van der Waals surface area contributed by atoms with Crippen LogP contribution in [0.5, 0.6) is 0 Å². The lowest BCUT2D eigenvalue weighted by Gasteiger charge is -2.37. The van der Waals surface area contributed by atoms with E-state index in [-0.39, 0.29) is 0 Å². The van der Waals surface area contributed by atoms with Crippen molar-refractivity contribution in [2.24, 2.45) is 0 Å². The van der Waals surface area contributed by atoms with Crippen molar-refractivity contribution in [2.45, 2.75) is 51.4 Å². The highest BCUT2D eigenvalue weighted by molar-refractivity contribution is 5.89. The van der Waals surface area contributed by atoms with Gasteiger partial charge in [0, 0.05) is 11.4 Å². The smallest absolute Gasteiger partial charge is 0.0531 e.